The number of benzene rings is 2. The third kappa shape index (κ3) is 3.35. The summed E-state index contributed by atoms with van der Waals surface area (Å²) >= 11 is 1.32. The fourth-order valence-electron chi connectivity index (χ4n) is 2.18. The molecule has 0 aliphatic carbocycles. The van der Waals surface area contributed by atoms with Crippen LogP contribution in [0.2, 0.25) is 0 Å². The first-order valence-corrected chi connectivity index (χ1v) is 7.79. The SMILES string of the molecule is O=C(C=NC(c1ccccc1)c1ccccc1)c1nccs1. The summed E-state index contributed by atoms with van der Waals surface area (Å²) in [5.41, 5.74) is 2.11. The van der Waals surface area contributed by atoms with Crippen LogP contribution < -0.4 is 0 Å². The number of carbonyl (C=O) groups is 1. The van der Waals surface area contributed by atoms with E-state index in [1.54, 1.807) is 11.6 Å². The molecule has 0 saturated heterocycles. The number of ketones is 1. The molecule has 3 nitrogen and oxygen atoms in total. The van der Waals surface area contributed by atoms with Crippen LogP contribution in [-0.2, 0) is 0 Å². The van der Waals surface area contributed by atoms with Gasteiger partial charge in [-0.3, -0.25) is 9.79 Å². The molecule has 0 bridgehead atoms. The van der Waals surface area contributed by atoms with E-state index in [1.807, 2.05) is 60.7 Å². The zero-order valence-electron chi connectivity index (χ0n) is 11.8. The fourth-order valence-corrected chi connectivity index (χ4v) is 2.72. The average Bonchev–Trinajstić information content (AvgIpc) is 3.11. The van der Waals surface area contributed by atoms with Crippen molar-refractivity contribution in [2.24, 2.45) is 4.99 Å². The monoisotopic (exact) mass is 306 g/mol. The van der Waals surface area contributed by atoms with Gasteiger partial charge in [-0.25, -0.2) is 4.98 Å². The molecule has 0 radical (unpaired) electrons. The molecule has 1 heterocycles. The van der Waals surface area contributed by atoms with Crippen LogP contribution in [0.3, 0.4) is 0 Å². The van der Waals surface area contributed by atoms with Gasteiger partial charge in [0.2, 0.25) is 5.78 Å². The standard InChI is InChI=1S/C18H14N2OS/c21-16(18-19-11-12-22-18)13-20-17(14-7-3-1-4-8-14)15-9-5-2-6-10-15/h1-13,17H. The number of hydrogen-bond donors (Lipinski definition) is 0. The Morgan fingerprint density at radius 3 is 2.09 bits per heavy atom. The molecule has 0 aliphatic rings. The first kappa shape index (κ1) is 14.4. The van der Waals surface area contributed by atoms with Crippen LogP contribution in [0.15, 0.2) is 77.2 Å². The first-order valence-electron chi connectivity index (χ1n) is 6.91. The van der Waals surface area contributed by atoms with E-state index in [0.29, 0.717) is 5.01 Å². The number of thiazole rings is 1. The highest BCUT2D eigenvalue weighted by molar-refractivity contribution is 7.12. The van der Waals surface area contributed by atoms with E-state index in [2.05, 4.69) is 9.98 Å². The van der Waals surface area contributed by atoms with Crippen LogP contribution in [0.5, 0.6) is 0 Å². The van der Waals surface area contributed by atoms with E-state index in [9.17, 15) is 4.79 Å². The summed E-state index contributed by atoms with van der Waals surface area (Å²) in [6, 6.07) is 19.7. The van der Waals surface area contributed by atoms with Crippen molar-refractivity contribution < 1.29 is 4.79 Å². The Morgan fingerprint density at radius 2 is 1.59 bits per heavy atom. The molecule has 0 amide bonds. The zero-order valence-corrected chi connectivity index (χ0v) is 12.6. The van der Waals surface area contributed by atoms with Crippen molar-refractivity contribution in [1.29, 1.82) is 0 Å². The number of nitrogens with zero attached hydrogens (tertiary/aromatic N) is 2. The molecule has 0 saturated carbocycles. The predicted molar refractivity (Wildman–Crippen MR) is 89.7 cm³/mol. The minimum atomic E-state index is -0.189. The average molecular weight is 306 g/mol. The number of carbonyl (C=O) groups excluding carboxylic acids is 1. The Labute approximate surface area is 133 Å². The number of aromatic nitrogens is 1. The number of rotatable bonds is 5. The van der Waals surface area contributed by atoms with Gasteiger partial charge in [0.1, 0.15) is 6.04 Å². The second-order valence-corrected chi connectivity index (χ2v) is 5.60. The maximum Gasteiger partial charge on any atom is 0.232 e. The van der Waals surface area contributed by atoms with Crippen LogP contribution >= 0.6 is 11.3 Å². The highest BCUT2D eigenvalue weighted by Gasteiger charge is 2.13. The third-order valence-electron chi connectivity index (χ3n) is 3.21. The molecule has 0 spiro atoms. The van der Waals surface area contributed by atoms with Gasteiger partial charge in [-0.05, 0) is 11.1 Å². The number of aliphatic imine (C=N–C) groups is 1. The van der Waals surface area contributed by atoms with Crippen LogP contribution in [0.25, 0.3) is 0 Å². The minimum Gasteiger partial charge on any atom is -0.285 e. The fraction of sp³-hybridized carbons (Fsp3) is 0.0556. The summed E-state index contributed by atoms with van der Waals surface area (Å²) in [4.78, 5) is 20.6. The lowest BCUT2D eigenvalue weighted by molar-refractivity contribution is 0.107. The molecule has 3 rings (SSSR count). The normalized spacial score (nSPS) is 11.1. The Morgan fingerprint density at radius 1 is 1.00 bits per heavy atom. The van der Waals surface area contributed by atoms with Gasteiger partial charge >= 0.3 is 0 Å². The van der Waals surface area contributed by atoms with Crippen molar-refractivity contribution >= 4 is 23.3 Å². The van der Waals surface area contributed by atoms with Crippen LogP contribution in [0.1, 0.15) is 27.0 Å². The van der Waals surface area contributed by atoms with Crippen LogP contribution in [0.4, 0.5) is 0 Å². The molecule has 2 aromatic carbocycles. The van der Waals surface area contributed by atoms with E-state index in [1.165, 1.54) is 17.6 Å². The van der Waals surface area contributed by atoms with Gasteiger partial charge in [-0.2, -0.15) is 0 Å². The Kier molecular flexibility index (Phi) is 4.51. The van der Waals surface area contributed by atoms with Gasteiger partial charge in [0.25, 0.3) is 0 Å². The van der Waals surface area contributed by atoms with Crippen molar-refractivity contribution in [2.75, 3.05) is 0 Å². The Balaban J connectivity index is 1.91. The molecular formula is C18H14N2OS. The molecule has 0 unspecified atom stereocenters. The van der Waals surface area contributed by atoms with Crippen molar-refractivity contribution in [2.45, 2.75) is 6.04 Å². The molecule has 0 fully saturated rings. The van der Waals surface area contributed by atoms with Crippen LogP contribution in [0, 0.1) is 0 Å². The van der Waals surface area contributed by atoms with Crippen LogP contribution in [-0.4, -0.2) is 17.0 Å². The van der Waals surface area contributed by atoms with Gasteiger partial charge in [0.15, 0.2) is 5.01 Å². The highest BCUT2D eigenvalue weighted by atomic mass is 32.1. The minimum absolute atomic E-state index is 0.160. The molecular weight excluding hydrogens is 292 g/mol. The lowest BCUT2D eigenvalue weighted by atomic mass is 9.99. The summed E-state index contributed by atoms with van der Waals surface area (Å²) in [6.07, 6.45) is 3.00. The maximum absolute atomic E-state index is 12.1. The molecule has 0 atom stereocenters. The quantitative estimate of drug-likeness (QED) is 0.524. The zero-order chi connectivity index (χ0) is 15.2. The number of hydrogen-bond acceptors (Lipinski definition) is 4. The summed E-state index contributed by atoms with van der Waals surface area (Å²) in [6.45, 7) is 0. The summed E-state index contributed by atoms with van der Waals surface area (Å²) < 4.78 is 0. The van der Waals surface area contributed by atoms with Gasteiger partial charge < -0.3 is 0 Å². The topological polar surface area (TPSA) is 42.3 Å². The molecule has 4 heteroatoms. The molecule has 0 aliphatic heterocycles. The molecule has 3 aromatic rings. The van der Waals surface area contributed by atoms with Gasteiger partial charge in [0.05, 0.1) is 6.21 Å². The van der Waals surface area contributed by atoms with E-state index >= 15 is 0 Å². The molecule has 0 N–H and O–H groups in total. The Bertz CT molecular complexity index is 713. The summed E-state index contributed by atoms with van der Waals surface area (Å²) in [5, 5.41) is 2.25. The van der Waals surface area contributed by atoms with E-state index in [-0.39, 0.29) is 11.8 Å². The van der Waals surface area contributed by atoms with Gasteiger partial charge in [-0.15, -0.1) is 11.3 Å². The summed E-state index contributed by atoms with van der Waals surface area (Å²) in [7, 11) is 0. The smallest absolute Gasteiger partial charge is 0.232 e. The lowest BCUT2D eigenvalue weighted by Crippen LogP contribution is -2.04. The predicted octanol–water partition coefficient (Wildman–Crippen LogP) is 4.19. The van der Waals surface area contributed by atoms with Crippen molar-refractivity contribution in [3.8, 4) is 0 Å². The Hall–Kier alpha value is -2.59. The van der Waals surface area contributed by atoms with Gasteiger partial charge in [0, 0.05) is 11.6 Å². The van der Waals surface area contributed by atoms with Gasteiger partial charge in [-0.1, -0.05) is 60.7 Å². The lowest BCUT2D eigenvalue weighted by Gasteiger charge is -2.13. The van der Waals surface area contributed by atoms with E-state index in [0.717, 1.165) is 11.1 Å². The second-order valence-electron chi connectivity index (χ2n) is 4.70. The molecule has 108 valence electrons. The second kappa shape index (κ2) is 6.91. The maximum atomic E-state index is 12.1. The van der Waals surface area contributed by atoms with Crippen molar-refractivity contribution in [1.82, 2.24) is 4.98 Å². The third-order valence-corrected chi connectivity index (χ3v) is 4.00. The van der Waals surface area contributed by atoms with Crippen molar-refractivity contribution in [3.63, 3.8) is 0 Å². The van der Waals surface area contributed by atoms with E-state index < -0.39 is 0 Å². The molecule has 1 aromatic heterocycles. The van der Waals surface area contributed by atoms with Crippen molar-refractivity contribution in [3.05, 3.63) is 88.4 Å². The first-order chi connectivity index (χ1) is 10.8. The number of Topliss-reactive ketones (excluding diaryl/α,β-unsaturated/α-hetero) is 1. The molecule has 22 heavy (non-hydrogen) atoms. The summed E-state index contributed by atoms with van der Waals surface area (Å²) in [5.74, 6) is -0.160. The van der Waals surface area contributed by atoms with E-state index in [4.69, 9.17) is 0 Å². The largest absolute Gasteiger partial charge is 0.285 e. The highest BCUT2D eigenvalue weighted by Crippen LogP contribution is 2.25.